The van der Waals surface area contributed by atoms with Crippen molar-refractivity contribution in [1.29, 1.82) is 0 Å². The lowest BCUT2D eigenvalue weighted by molar-refractivity contribution is -0.118. The number of hydrogen-bond acceptors (Lipinski definition) is 7. The molecule has 0 spiro atoms. The van der Waals surface area contributed by atoms with Gasteiger partial charge in [-0.2, -0.15) is 5.10 Å². The van der Waals surface area contributed by atoms with Crippen LogP contribution >= 0.6 is 34.4 Å². The standard InChI is InChI=1S/C23H23IN4O3S/c1-15-10-16(2)27-23(26-15)32-14-22(29)28-25-12-18-6-9-20(21(11-18)30-3)31-13-17-4-7-19(24)8-5-17/h4-12H,13-14H2,1-3H3,(H,28,29)/b25-12-. The summed E-state index contributed by atoms with van der Waals surface area (Å²) < 4.78 is 12.5. The first kappa shape index (κ1) is 24.0. The van der Waals surface area contributed by atoms with E-state index in [2.05, 4.69) is 43.1 Å². The van der Waals surface area contributed by atoms with E-state index in [1.807, 2.05) is 56.3 Å². The van der Waals surface area contributed by atoms with Gasteiger partial charge in [0, 0.05) is 15.0 Å². The summed E-state index contributed by atoms with van der Waals surface area (Å²) >= 11 is 3.54. The van der Waals surface area contributed by atoms with Gasteiger partial charge in [-0.1, -0.05) is 23.9 Å². The SMILES string of the molecule is COc1cc(/C=N\NC(=O)CSc2nc(C)cc(C)n2)ccc1OCc1ccc(I)cc1. The van der Waals surface area contributed by atoms with Gasteiger partial charge in [-0.25, -0.2) is 15.4 Å². The monoisotopic (exact) mass is 562 g/mol. The van der Waals surface area contributed by atoms with Gasteiger partial charge in [-0.3, -0.25) is 4.79 Å². The molecule has 1 amide bonds. The lowest BCUT2D eigenvalue weighted by Crippen LogP contribution is -2.19. The predicted molar refractivity (Wildman–Crippen MR) is 134 cm³/mol. The second kappa shape index (κ2) is 11.8. The number of benzene rings is 2. The number of rotatable bonds is 9. The molecule has 1 N–H and O–H groups in total. The summed E-state index contributed by atoms with van der Waals surface area (Å²) in [5.74, 6) is 1.17. The van der Waals surface area contributed by atoms with E-state index < -0.39 is 0 Å². The molecule has 0 atom stereocenters. The number of nitrogens with one attached hydrogen (secondary N) is 1. The van der Waals surface area contributed by atoms with Crippen molar-refractivity contribution >= 4 is 46.5 Å². The molecule has 0 bridgehead atoms. The Labute approximate surface area is 205 Å². The molecule has 1 aromatic heterocycles. The van der Waals surface area contributed by atoms with Crippen LogP contribution in [0.4, 0.5) is 0 Å². The van der Waals surface area contributed by atoms with Crippen molar-refractivity contribution in [2.75, 3.05) is 12.9 Å². The molecule has 1 heterocycles. The molecule has 0 aliphatic rings. The Hall–Kier alpha value is -2.66. The quantitative estimate of drug-likeness (QED) is 0.136. The number of carbonyl (C=O) groups excluding carboxylic acids is 1. The molecule has 0 unspecified atom stereocenters. The zero-order valence-electron chi connectivity index (χ0n) is 18.0. The van der Waals surface area contributed by atoms with Crippen LogP contribution in [0.25, 0.3) is 0 Å². The van der Waals surface area contributed by atoms with Gasteiger partial charge >= 0.3 is 0 Å². The largest absolute Gasteiger partial charge is 0.493 e. The van der Waals surface area contributed by atoms with E-state index in [0.717, 1.165) is 22.5 Å². The summed E-state index contributed by atoms with van der Waals surface area (Å²) in [4.78, 5) is 20.7. The Balaban J connectivity index is 1.52. The van der Waals surface area contributed by atoms with Crippen LogP contribution in [-0.2, 0) is 11.4 Å². The number of methoxy groups -OCH3 is 1. The fourth-order valence-electron chi connectivity index (χ4n) is 2.72. The second-order valence-electron chi connectivity index (χ2n) is 6.84. The minimum atomic E-state index is -0.238. The van der Waals surface area contributed by atoms with Crippen LogP contribution in [0.1, 0.15) is 22.5 Å². The minimum absolute atomic E-state index is 0.175. The minimum Gasteiger partial charge on any atom is -0.493 e. The Morgan fingerprint density at radius 3 is 2.50 bits per heavy atom. The Morgan fingerprint density at radius 2 is 1.81 bits per heavy atom. The highest BCUT2D eigenvalue weighted by Crippen LogP contribution is 2.28. The fraction of sp³-hybridized carbons (Fsp3) is 0.217. The summed E-state index contributed by atoms with van der Waals surface area (Å²) in [6.07, 6.45) is 1.56. The van der Waals surface area contributed by atoms with E-state index in [-0.39, 0.29) is 11.7 Å². The van der Waals surface area contributed by atoms with E-state index >= 15 is 0 Å². The molecule has 166 valence electrons. The van der Waals surface area contributed by atoms with E-state index in [9.17, 15) is 4.79 Å². The first-order valence-electron chi connectivity index (χ1n) is 9.75. The molecule has 7 nitrogen and oxygen atoms in total. The number of carbonyl (C=O) groups is 1. The average molecular weight is 562 g/mol. The zero-order valence-corrected chi connectivity index (χ0v) is 20.9. The predicted octanol–water partition coefficient (Wildman–Crippen LogP) is 4.53. The number of halogens is 1. The third kappa shape index (κ3) is 7.49. The second-order valence-corrected chi connectivity index (χ2v) is 9.03. The molecule has 32 heavy (non-hydrogen) atoms. The van der Waals surface area contributed by atoms with E-state index in [1.54, 1.807) is 19.4 Å². The van der Waals surface area contributed by atoms with Gasteiger partial charge in [0.1, 0.15) is 6.61 Å². The fourth-order valence-corrected chi connectivity index (χ4v) is 3.83. The molecule has 0 saturated carbocycles. The van der Waals surface area contributed by atoms with Gasteiger partial charge < -0.3 is 9.47 Å². The Bertz CT molecular complexity index is 1090. The maximum atomic E-state index is 12.0. The smallest absolute Gasteiger partial charge is 0.250 e. The molecule has 2 aromatic carbocycles. The number of aromatic nitrogens is 2. The van der Waals surface area contributed by atoms with Gasteiger partial charge in [0.2, 0.25) is 0 Å². The normalized spacial score (nSPS) is 10.9. The molecule has 9 heteroatoms. The van der Waals surface area contributed by atoms with Crippen molar-refractivity contribution in [3.8, 4) is 11.5 Å². The third-order valence-electron chi connectivity index (χ3n) is 4.19. The van der Waals surface area contributed by atoms with E-state index in [4.69, 9.17) is 9.47 Å². The molecule has 0 saturated heterocycles. The first-order chi connectivity index (χ1) is 15.4. The van der Waals surface area contributed by atoms with Gasteiger partial charge in [-0.15, -0.1) is 0 Å². The van der Waals surface area contributed by atoms with Crippen molar-refractivity contribution in [3.63, 3.8) is 0 Å². The van der Waals surface area contributed by atoms with Gasteiger partial charge in [0.15, 0.2) is 16.7 Å². The summed E-state index contributed by atoms with van der Waals surface area (Å²) in [5.41, 5.74) is 6.11. The van der Waals surface area contributed by atoms with E-state index in [1.165, 1.54) is 15.3 Å². The molecule has 3 aromatic rings. The van der Waals surface area contributed by atoms with Crippen LogP contribution in [0, 0.1) is 17.4 Å². The van der Waals surface area contributed by atoms with Crippen LogP contribution in [0.15, 0.2) is 58.8 Å². The summed E-state index contributed by atoms with van der Waals surface area (Å²) in [6.45, 7) is 4.24. The van der Waals surface area contributed by atoms with Crippen molar-refractivity contribution in [2.45, 2.75) is 25.6 Å². The topological polar surface area (TPSA) is 85.7 Å². The van der Waals surface area contributed by atoms with Crippen molar-refractivity contribution in [1.82, 2.24) is 15.4 Å². The zero-order chi connectivity index (χ0) is 22.9. The van der Waals surface area contributed by atoms with Gasteiger partial charge in [0.05, 0.1) is 19.1 Å². The molecule has 0 radical (unpaired) electrons. The lowest BCUT2D eigenvalue weighted by atomic mass is 10.2. The number of aryl methyl sites for hydroxylation is 2. The van der Waals surface area contributed by atoms with Crippen LogP contribution in [0.2, 0.25) is 0 Å². The number of nitrogens with zero attached hydrogens (tertiary/aromatic N) is 3. The maximum Gasteiger partial charge on any atom is 0.250 e. The molecule has 3 rings (SSSR count). The first-order valence-corrected chi connectivity index (χ1v) is 11.8. The summed E-state index contributed by atoms with van der Waals surface area (Å²) in [6, 6.07) is 15.5. The van der Waals surface area contributed by atoms with Gasteiger partial charge in [0.25, 0.3) is 5.91 Å². The summed E-state index contributed by atoms with van der Waals surface area (Å²) in [7, 11) is 1.59. The Morgan fingerprint density at radius 1 is 1.09 bits per heavy atom. The van der Waals surface area contributed by atoms with Crippen molar-refractivity contribution < 1.29 is 14.3 Å². The summed E-state index contributed by atoms with van der Waals surface area (Å²) in [5, 5.41) is 4.60. The Kier molecular flexibility index (Phi) is 8.86. The number of thioether (sulfide) groups is 1. The third-order valence-corrected chi connectivity index (χ3v) is 5.76. The molecule has 0 aliphatic heterocycles. The molecular formula is C23H23IN4O3S. The highest BCUT2D eigenvalue weighted by atomic mass is 127. The highest BCUT2D eigenvalue weighted by Gasteiger charge is 2.07. The van der Waals surface area contributed by atoms with Crippen LogP contribution in [0.5, 0.6) is 11.5 Å². The number of ether oxygens (including phenoxy) is 2. The molecular weight excluding hydrogens is 539 g/mol. The van der Waals surface area contributed by atoms with Crippen LogP contribution in [-0.4, -0.2) is 35.0 Å². The van der Waals surface area contributed by atoms with Crippen molar-refractivity contribution in [2.24, 2.45) is 5.10 Å². The van der Waals surface area contributed by atoms with Crippen LogP contribution in [0.3, 0.4) is 0 Å². The number of hydrazone groups is 1. The lowest BCUT2D eigenvalue weighted by Gasteiger charge is -2.11. The maximum absolute atomic E-state index is 12.0. The van der Waals surface area contributed by atoms with Crippen molar-refractivity contribution in [3.05, 3.63) is 74.6 Å². The number of amides is 1. The number of hydrogen-bond donors (Lipinski definition) is 1. The highest BCUT2D eigenvalue weighted by molar-refractivity contribution is 14.1. The van der Waals surface area contributed by atoms with Crippen LogP contribution < -0.4 is 14.9 Å². The average Bonchev–Trinajstić information content (AvgIpc) is 2.77. The van der Waals surface area contributed by atoms with E-state index in [0.29, 0.717) is 23.3 Å². The van der Waals surface area contributed by atoms with Gasteiger partial charge in [-0.05, 0) is 84.0 Å². The molecule has 0 fully saturated rings. The molecule has 0 aliphatic carbocycles.